The number of primary amides is 1. The van der Waals surface area contributed by atoms with E-state index in [1.54, 1.807) is 12.1 Å². The molecule has 4 rings (SSSR count). The topological polar surface area (TPSA) is 116 Å². The number of ether oxygens (including phenoxy) is 1. The Morgan fingerprint density at radius 3 is 2.50 bits per heavy atom. The molecule has 34 heavy (non-hydrogen) atoms. The maximum absolute atomic E-state index is 13.8. The molecular formula is C26H35N3O5. The summed E-state index contributed by atoms with van der Waals surface area (Å²) in [7, 11) is 0. The Morgan fingerprint density at radius 2 is 1.79 bits per heavy atom. The summed E-state index contributed by atoms with van der Waals surface area (Å²) in [6.45, 7) is 1.60. The monoisotopic (exact) mass is 469 g/mol. The Labute approximate surface area is 200 Å². The third-order valence-electron chi connectivity index (χ3n) is 7.28. The van der Waals surface area contributed by atoms with Crippen LogP contribution in [-0.2, 0) is 9.53 Å². The maximum atomic E-state index is 13.8. The third-order valence-corrected chi connectivity index (χ3v) is 7.28. The molecule has 184 valence electrons. The number of carbonyl (C=O) groups excluding carboxylic acids is 3. The predicted octanol–water partition coefficient (Wildman–Crippen LogP) is 4.71. The van der Waals surface area contributed by atoms with Crippen LogP contribution in [0.5, 0.6) is 0 Å². The van der Waals surface area contributed by atoms with Crippen LogP contribution in [0.2, 0.25) is 0 Å². The van der Waals surface area contributed by atoms with Gasteiger partial charge in [0.1, 0.15) is 5.52 Å². The third kappa shape index (κ3) is 5.96. The fourth-order valence-electron chi connectivity index (χ4n) is 5.52. The van der Waals surface area contributed by atoms with E-state index in [0.29, 0.717) is 36.3 Å². The molecule has 2 aromatic rings. The zero-order chi connectivity index (χ0) is 23.9. The summed E-state index contributed by atoms with van der Waals surface area (Å²) < 4.78 is 10.7. The number of nitrogens with two attached hydrogens (primary N) is 1. The van der Waals surface area contributed by atoms with E-state index >= 15 is 0 Å². The van der Waals surface area contributed by atoms with Crippen molar-refractivity contribution in [3.05, 3.63) is 30.2 Å². The summed E-state index contributed by atoms with van der Waals surface area (Å²) in [5.41, 5.74) is 6.28. The van der Waals surface area contributed by atoms with Crippen LogP contribution in [0.3, 0.4) is 0 Å². The molecule has 2 amide bonds. The minimum Gasteiger partial charge on any atom is -0.450 e. The van der Waals surface area contributed by atoms with Crippen molar-refractivity contribution in [1.82, 2.24) is 9.88 Å². The summed E-state index contributed by atoms with van der Waals surface area (Å²) in [5.74, 6) is -0.718. The molecule has 2 N–H and O–H groups in total. The molecule has 1 saturated heterocycles. The standard InChI is InChI=1S/C26H35N3O5/c27-26(32)33-16-8-11-19(23(30)24-28-21-12-4-5-13-22(21)34-24)20(17-18-9-2-1-3-10-18)25(31)29-14-6-7-15-29/h4-5,12-13,18-20H,1-3,6-11,14-17H2,(H2,27,32). The second-order valence-corrected chi connectivity index (χ2v) is 9.65. The number of oxazole rings is 1. The number of hydrogen-bond donors (Lipinski definition) is 1. The molecule has 1 aromatic carbocycles. The lowest BCUT2D eigenvalue weighted by Gasteiger charge is -2.32. The minimum absolute atomic E-state index is 0.0462. The van der Waals surface area contributed by atoms with Gasteiger partial charge in [0.15, 0.2) is 5.58 Å². The van der Waals surface area contributed by atoms with Crippen molar-refractivity contribution in [1.29, 1.82) is 0 Å². The SMILES string of the molecule is NC(=O)OCCCC(C(=O)c1nc2ccccc2o1)C(CC1CCCCC1)C(=O)N1CCCC1. The van der Waals surface area contributed by atoms with Gasteiger partial charge in [-0.2, -0.15) is 0 Å². The molecule has 1 aromatic heterocycles. The number of likely N-dealkylation sites (tertiary alicyclic amines) is 1. The Morgan fingerprint density at radius 1 is 1.06 bits per heavy atom. The van der Waals surface area contributed by atoms with E-state index in [-0.39, 0.29) is 24.2 Å². The lowest BCUT2D eigenvalue weighted by molar-refractivity contribution is -0.136. The van der Waals surface area contributed by atoms with Crippen LogP contribution in [0.4, 0.5) is 4.79 Å². The highest BCUT2D eigenvalue weighted by molar-refractivity contribution is 5.98. The summed E-state index contributed by atoms with van der Waals surface area (Å²) in [5, 5.41) is 0. The number of Topliss-reactive ketones (excluding diaryl/α,β-unsaturated/α-hetero) is 1. The van der Waals surface area contributed by atoms with Gasteiger partial charge in [-0.15, -0.1) is 0 Å². The molecular weight excluding hydrogens is 434 g/mol. The smallest absolute Gasteiger partial charge is 0.404 e. The number of carbonyl (C=O) groups is 3. The van der Waals surface area contributed by atoms with E-state index in [4.69, 9.17) is 14.9 Å². The van der Waals surface area contributed by atoms with Crippen molar-refractivity contribution in [2.24, 2.45) is 23.5 Å². The number of ketones is 1. The Hall–Kier alpha value is -2.90. The molecule has 2 atom stereocenters. The summed E-state index contributed by atoms with van der Waals surface area (Å²) in [4.78, 5) is 44.9. The van der Waals surface area contributed by atoms with Gasteiger partial charge < -0.3 is 19.8 Å². The molecule has 1 saturated carbocycles. The van der Waals surface area contributed by atoms with Gasteiger partial charge in [0.2, 0.25) is 11.7 Å². The minimum atomic E-state index is -0.839. The summed E-state index contributed by atoms with van der Waals surface area (Å²) >= 11 is 0. The molecule has 2 unspecified atom stereocenters. The fourth-order valence-corrected chi connectivity index (χ4v) is 5.52. The van der Waals surface area contributed by atoms with Crippen LogP contribution in [0.1, 0.15) is 74.9 Å². The zero-order valence-corrected chi connectivity index (χ0v) is 19.7. The Bertz CT molecular complexity index is 958. The van der Waals surface area contributed by atoms with Gasteiger partial charge in [-0.3, -0.25) is 9.59 Å². The number of aromatic nitrogens is 1. The lowest BCUT2D eigenvalue weighted by Crippen LogP contribution is -2.41. The average molecular weight is 470 g/mol. The van der Waals surface area contributed by atoms with E-state index in [1.165, 1.54) is 19.3 Å². The van der Waals surface area contributed by atoms with Crippen LogP contribution in [0.15, 0.2) is 28.7 Å². The lowest BCUT2D eigenvalue weighted by atomic mass is 9.75. The van der Waals surface area contributed by atoms with Gasteiger partial charge in [-0.25, -0.2) is 9.78 Å². The normalized spacial score (nSPS) is 18.6. The Balaban J connectivity index is 1.61. The van der Waals surface area contributed by atoms with Crippen molar-refractivity contribution in [2.75, 3.05) is 19.7 Å². The van der Waals surface area contributed by atoms with Gasteiger partial charge in [-0.05, 0) is 50.2 Å². The second kappa shape index (κ2) is 11.5. The second-order valence-electron chi connectivity index (χ2n) is 9.65. The number of para-hydroxylation sites is 2. The molecule has 1 aliphatic carbocycles. The van der Waals surface area contributed by atoms with E-state index < -0.39 is 17.9 Å². The fraction of sp³-hybridized carbons (Fsp3) is 0.615. The van der Waals surface area contributed by atoms with Gasteiger partial charge in [-0.1, -0.05) is 44.2 Å². The van der Waals surface area contributed by atoms with Crippen LogP contribution < -0.4 is 5.73 Å². The number of nitrogens with zero attached hydrogens (tertiary/aromatic N) is 2. The zero-order valence-electron chi connectivity index (χ0n) is 19.7. The van der Waals surface area contributed by atoms with E-state index in [1.807, 2.05) is 17.0 Å². The van der Waals surface area contributed by atoms with Gasteiger partial charge in [0, 0.05) is 24.9 Å². The van der Waals surface area contributed by atoms with E-state index in [2.05, 4.69) is 4.98 Å². The quantitative estimate of drug-likeness (QED) is 0.398. The first-order chi connectivity index (χ1) is 16.5. The van der Waals surface area contributed by atoms with Crippen LogP contribution in [-0.4, -0.2) is 47.4 Å². The predicted molar refractivity (Wildman–Crippen MR) is 127 cm³/mol. The highest BCUT2D eigenvalue weighted by atomic mass is 16.5. The van der Waals surface area contributed by atoms with Crippen molar-refractivity contribution in [3.63, 3.8) is 0 Å². The first-order valence-electron chi connectivity index (χ1n) is 12.6. The van der Waals surface area contributed by atoms with E-state index in [0.717, 1.165) is 38.8 Å². The van der Waals surface area contributed by atoms with Gasteiger partial charge in [0.05, 0.1) is 6.61 Å². The van der Waals surface area contributed by atoms with E-state index in [9.17, 15) is 14.4 Å². The van der Waals surface area contributed by atoms with Crippen LogP contribution in [0, 0.1) is 17.8 Å². The highest BCUT2D eigenvalue weighted by Crippen LogP contribution is 2.36. The molecule has 2 heterocycles. The van der Waals surface area contributed by atoms with Crippen molar-refractivity contribution in [2.45, 2.75) is 64.2 Å². The van der Waals surface area contributed by atoms with Crippen LogP contribution >= 0.6 is 0 Å². The first kappa shape index (κ1) is 24.2. The largest absolute Gasteiger partial charge is 0.450 e. The van der Waals surface area contributed by atoms with Crippen LogP contribution in [0.25, 0.3) is 11.1 Å². The number of fused-ring (bicyclic) bond motifs is 1. The number of amides is 2. The first-order valence-corrected chi connectivity index (χ1v) is 12.6. The average Bonchev–Trinajstić information content (AvgIpc) is 3.53. The Kier molecular flexibility index (Phi) is 8.19. The highest BCUT2D eigenvalue weighted by Gasteiger charge is 2.40. The molecule has 0 spiro atoms. The number of benzene rings is 1. The molecule has 0 radical (unpaired) electrons. The molecule has 2 fully saturated rings. The molecule has 2 aliphatic rings. The molecule has 0 bridgehead atoms. The molecule has 1 aliphatic heterocycles. The maximum Gasteiger partial charge on any atom is 0.404 e. The molecule has 8 heteroatoms. The van der Waals surface area contributed by atoms with Gasteiger partial charge in [0.25, 0.3) is 5.89 Å². The van der Waals surface area contributed by atoms with Crippen molar-refractivity contribution in [3.8, 4) is 0 Å². The summed E-state index contributed by atoms with van der Waals surface area (Å²) in [6, 6.07) is 7.27. The number of rotatable bonds is 10. The molecule has 8 nitrogen and oxygen atoms in total. The van der Waals surface area contributed by atoms with Crippen molar-refractivity contribution >= 4 is 28.9 Å². The number of hydrogen-bond acceptors (Lipinski definition) is 6. The summed E-state index contributed by atoms with van der Waals surface area (Å²) in [6.07, 6.45) is 8.47. The van der Waals surface area contributed by atoms with Crippen molar-refractivity contribution < 1.29 is 23.5 Å². The van der Waals surface area contributed by atoms with Gasteiger partial charge >= 0.3 is 6.09 Å².